The third kappa shape index (κ3) is 5.17. The average molecular weight is 515 g/mol. The molecule has 0 bridgehead atoms. The maximum Gasteiger partial charge on any atom is 0.306 e. The van der Waals surface area contributed by atoms with Gasteiger partial charge in [-0.3, -0.25) is 14.7 Å². The molecule has 0 spiro atoms. The number of benzene rings is 2. The van der Waals surface area contributed by atoms with E-state index in [1.165, 1.54) is 22.3 Å². The predicted octanol–water partition coefficient (Wildman–Crippen LogP) is 6.68. The Labute approximate surface area is 222 Å². The van der Waals surface area contributed by atoms with Gasteiger partial charge in [0.2, 0.25) is 0 Å². The zero-order valence-corrected chi connectivity index (χ0v) is 22.1. The Morgan fingerprint density at radius 2 is 1.70 bits per heavy atom. The molecule has 7 heteroatoms. The number of nitrogens with zero attached hydrogens (tertiary/aromatic N) is 3. The first-order valence-electron chi connectivity index (χ1n) is 12.6. The van der Waals surface area contributed by atoms with Crippen LogP contribution in [0.25, 0.3) is 33.9 Å². The molecule has 6 nitrogen and oxygen atoms in total. The number of aromatic nitrogens is 3. The van der Waals surface area contributed by atoms with Crippen molar-refractivity contribution in [2.24, 2.45) is 5.92 Å². The van der Waals surface area contributed by atoms with E-state index in [0.29, 0.717) is 17.9 Å². The second kappa shape index (κ2) is 10.5. The van der Waals surface area contributed by atoms with Gasteiger partial charge in [0.15, 0.2) is 0 Å². The quantitative estimate of drug-likeness (QED) is 0.300. The van der Waals surface area contributed by atoms with Crippen molar-refractivity contribution >= 4 is 17.6 Å². The van der Waals surface area contributed by atoms with Crippen LogP contribution in [0.2, 0.25) is 5.02 Å². The summed E-state index contributed by atoms with van der Waals surface area (Å²) in [5.74, 6) is -0.0745. The molecule has 1 aliphatic rings. The van der Waals surface area contributed by atoms with Crippen molar-refractivity contribution in [3.63, 3.8) is 0 Å². The number of imidazole rings is 1. The number of aromatic amines is 1. The molecule has 1 saturated heterocycles. The molecule has 0 atom stereocenters. The van der Waals surface area contributed by atoms with E-state index in [-0.39, 0.29) is 5.92 Å². The summed E-state index contributed by atoms with van der Waals surface area (Å²) in [7, 11) is 0. The highest BCUT2D eigenvalue weighted by atomic mass is 35.5. The van der Waals surface area contributed by atoms with Gasteiger partial charge in [-0.25, -0.2) is 4.98 Å². The Balaban J connectivity index is 1.56. The Morgan fingerprint density at radius 1 is 1.03 bits per heavy atom. The zero-order chi connectivity index (χ0) is 26.1. The lowest BCUT2D eigenvalue weighted by molar-refractivity contribution is -0.143. The highest BCUT2D eigenvalue weighted by Crippen LogP contribution is 2.37. The molecule has 2 aromatic heterocycles. The van der Waals surface area contributed by atoms with Crippen LogP contribution in [0.15, 0.2) is 54.9 Å². The molecule has 3 heterocycles. The highest BCUT2D eigenvalue weighted by molar-refractivity contribution is 6.30. The number of rotatable bonds is 6. The van der Waals surface area contributed by atoms with E-state index in [9.17, 15) is 9.90 Å². The van der Waals surface area contributed by atoms with Crippen molar-refractivity contribution in [3.05, 3.63) is 82.1 Å². The standard InChI is InChI=1S/C30H31ClN4O2/c1-18-16-19(2)26(20(3)25(18)17-35-14-10-23(11-15-35)30(36)37)29-33-27(21-4-6-24(31)7-5-21)28(34-29)22-8-12-32-13-9-22/h4-9,12-13,16,23H,10-11,14-15,17H2,1-3H3,(H,33,34)(H,36,37). The normalized spacial score (nSPS) is 14.7. The van der Waals surface area contributed by atoms with Crippen LogP contribution in [0.5, 0.6) is 0 Å². The van der Waals surface area contributed by atoms with E-state index in [4.69, 9.17) is 16.6 Å². The van der Waals surface area contributed by atoms with Crippen molar-refractivity contribution in [2.45, 2.75) is 40.2 Å². The molecule has 0 aliphatic carbocycles. The number of carboxylic acids is 1. The number of halogens is 1. The maximum absolute atomic E-state index is 11.4. The molecule has 190 valence electrons. The van der Waals surface area contributed by atoms with E-state index >= 15 is 0 Å². The summed E-state index contributed by atoms with van der Waals surface area (Å²) in [5, 5.41) is 10.0. The lowest BCUT2D eigenvalue weighted by Crippen LogP contribution is -2.36. The smallest absolute Gasteiger partial charge is 0.306 e. The fourth-order valence-corrected chi connectivity index (χ4v) is 5.56. The van der Waals surface area contributed by atoms with Crippen LogP contribution < -0.4 is 0 Å². The molecule has 2 aromatic carbocycles. The number of hydrogen-bond donors (Lipinski definition) is 2. The molecule has 1 fully saturated rings. The van der Waals surface area contributed by atoms with Gasteiger partial charge in [0.25, 0.3) is 0 Å². The van der Waals surface area contributed by atoms with Crippen molar-refractivity contribution < 1.29 is 9.90 Å². The van der Waals surface area contributed by atoms with Gasteiger partial charge in [0.1, 0.15) is 5.82 Å². The van der Waals surface area contributed by atoms with Crippen LogP contribution in [0.1, 0.15) is 35.1 Å². The number of aliphatic carboxylic acids is 1. The molecule has 0 saturated carbocycles. The topological polar surface area (TPSA) is 82.1 Å². The van der Waals surface area contributed by atoms with Crippen LogP contribution in [0, 0.1) is 26.7 Å². The molecule has 0 amide bonds. The summed E-state index contributed by atoms with van der Waals surface area (Å²) >= 11 is 6.16. The molecule has 5 rings (SSSR count). The van der Waals surface area contributed by atoms with Gasteiger partial charge < -0.3 is 10.1 Å². The van der Waals surface area contributed by atoms with E-state index in [2.05, 4.69) is 41.7 Å². The first-order chi connectivity index (χ1) is 17.8. The SMILES string of the molecule is Cc1cc(C)c(-c2nc(-c3ccc(Cl)cc3)c(-c3ccncc3)[nH]2)c(C)c1CN1CCC(C(=O)O)CC1. The van der Waals surface area contributed by atoms with Crippen molar-refractivity contribution in [1.29, 1.82) is 0 Å². The summed E-state index contributed by atoms with van der Waals surface area (Å²) in [5.41, 5.74) is 9.83. The van der Waals surface area contributed by atoms with Crippen LogP contribution in [0.3, 0.4) is 0 Å². The number of hydrogen-bond acceptors (Lipinski definition) is 4. The Bertz CT molecular complexity index is 1420. The molecule has 2 N–H and O–H groups in total. The number of carbonyl (C=O) groups is 1. The molecule has 0 radical (unpaired) electrons. The number of carboxylic acid groups (broad SMARTS) is 1. The Hall–Kier alpha value is -3.48. The summed E-state index contributed by atoms with van der Waals surface area (Å²) in [6.07, 6.45) is 4.97. The van der Waals surface area contributed by atoms with Gasteiger partial charge in [-0.1, -0.05) is 29.8 Å². The first-order valence-corrected chi connectivity index (χ1v) is 13.0. The van der Waals surface area contributed by atoms with Crippen molar-refractivity contribution in [2.75, 3.05) is 13.1 Å². The monoisotopic (exact) mass is 514 g/mol. The Kier molecular flexibility index (Phi) is 7.13. The van der Waals surface area contributed by atoms with Gasteiger partial charge in [-0.2, -0.15) is 0 Å². The van der Waals surface area contributed by atoms with Gasteiger partial charge in [0, 0.05) is 40.7 Å². The van der Waals surface area contributed by atoms with E-state index in [1.54, 1.807) is 12.4 Å². The first kappa shape index (κ1) is 25.2. The third-order valence-electron chi connectivity index (χ3n) is 7.48. The van der Waals surface area contributed by atoms with Crippen molar-refractivity contribution in [1.82, 2.24) is 19.9 Å². The number of piperidine rings is 1. The highest BCUT2D eigenvalue weighted by Gasteiger charge is 2.26. The van der Waals surface area contributed by atoms with Crippen LogP contribution >= 0.6 is 11.6 Å². The maximum atomic E-state index is 11.4. The summed E-state index contributed by atoms with van der Waals surface area (Å²) in [4.78, 5) is 26.7. The van der Waals surface area contributed by atoms with Crippen molar-refractivity contribution in [3.8, 4) is 33.9 Å². The molecule has 4 aromatic rings. The van der Waals surface area contributed by atoms with Crippen LogP contribution in [-0.2, 0) is 11.3 Å². The van der Waals surface area contributed by atoms with Gasteiger partial charge in [-0.05, 0) is 93.2 Å². The second-order valence-electron chi connectivity index (χ2n) is 9.93. The minimum Gasteiger partial charge on any atom is -0.481 e. The number of pyridine rings is 1. The predicted molar refractivity (Wildman–Crippen MR) is 148 cm³/mol. The fourth-order valence-electron chi connectivity index (χ4n) is 5.43. The minimum absolute atomic E-state index is 0.229. The van der Waals surface area contributed by atoms with E-state index < -0.39 is 5.97 Å². The largest absolute Gasteiger partial charge is 0.481 e. The van der Waals surface area contributed by atoms with Crippen LogP contribution in [0.4, 0.5) is 0 Å². The van der Waals surface area contributed by atoms with E-state index in [0.717, 1.165) is 53.5 Å². The average Bonchev–Trinajstić information content (AvgIpc) is 3.32. The fraction of sp³-hybridized carbons (Fsp3) is 0.300. The number of aryl methyl sites for hydroxylation is 2. The molecule has 1 aliphatic heterocycles. The summed E-state index contributed by atoms with van der Waals surface area (Å²) < 4.78 is 0. The second-order valence-corrected chi connectivity index (χ2v) is 10.4. The lowest BCUT2D eigenvalue weighted by Gasteiger charge is -2.31. The van der Waals surface area contributed by atoms with E-state index in [1.807, 2.05) is 36.4 Å². The molecular formula is C30H31ClN4O2. The van der Waals surface area contributed by atoms with Gasteiger partial charge in [-0.15, -0.1) is 0 Å². The van der Waals surface area contributed by atoms with Gasteiger partial charge in [0.05, 0.1) is 17.3 Å². The Morgan fingerprint density at radius 3 is 2.35 bits per heavy atom. The third-order valence-corrected chi connectivity index (χ3v) is 7.73. The minimum atomic E-state index is -0.677. The zero-order valence-electron chi connectivity index (χ0n) is 21.4. The number of likely N-dealkylation sites (tertiary alicyclic amines) is 1. The molecule has 37 heavy (non-hydrogen) atoms. The summed E-state index contributed by atoms with van der Waals surface area (Å²) in [6.45, 7) is 8.87. The lowest BCUT2D eigenvalue weighted by atomic mass is 9.91. The molecular weight excluding hydrogens is 484 g/mol. The number of nitrogens with one attached hydrogen (secondary N) is 1. The molecule has 0 unspecified atom stereocenters. The van der Waals surface area contributed by atoms with Gasteiger partial charge >= 0.3 is 5.97 Å². The van der Waals surface area contributed by atoms with Crippen LogP contribution in [-0.4, -0.2) is 44.0 Å². The number of H-pyrrole nitrogens is 1. The summed E-state index contributed by atoms with van der Waals surface area (Å²) in [6, 6.07) is 14.0.